The molecular weight excluding hydrogens is 336 g/mol. The van der Waals surface area contributed by atoms with Crippen LogP contribution in [0, 0.1) is 0 Å². The van der Waals surface area contributed by atoms with Gasteiger partial charge in [0, 0.05) is 39.3 Å². The molecule has 4 nitrogen and oxygen atoms in total. The molecule has 146 valence electrons. The SMILES string of the molecule is c1ccc2c(C(CNCCN3CCOCC3)CC3CCCO3)cccc2c1. The van der Waals surface area contributed by atoms with E-state index in [1.54, 1.807) is 0 Å². The van der Waals surface area contributed by atoms with Crippen LogP contribution < -0.4 is 5.32 Å². The van der Waals surface area contributed by atoms with Crippen LogP contribution in [0.4, 0.5) is 0 Å². The van der Waals surface area contributed by atoms with Gasteiger partial charge in [-0.2, -0.15) is 0 Å². The molecular formula is C23H32N2O2. The van der Waals surface area contributed by atoms with Gasteiger partial charge < -0.3 is 14.8 Å². The van der Waals surface area contributed by atoms with Gasteiger partial charge >= 0.3 is 0 Å². The van der Waals surface area contributed by atoms with Crippen LogP contribution in [-0.4, -0.2) is 63.5 Å². The Hall–Kier alpha value is -1.46. The molecule has 0 saturated carbocycles. The minimum atomic E-state index is 0.412. The Balaban J connectivity index is 1.41. The largest absolute Gasteiger partial charge is 0.379 e. The van der Waals surface area contributed by atoms with Gasteiger partial charge in [-0.15, -0.1) is 0 Å². The maximum absolute atomic E-state index is 5.97. The highest BCUT2D eigenvalue weighted by Crippen LogP contribution is 2.31. The third-order valence-corrected chi connectivity index (χ3v) is 5.93. The Bertz CT molecular complexity index is 703. The number of fused-ring (bicyclic) bond motifs is 1. The third kappa shape index (κ3) is 5.08. The van der Waals surface area contributed by atoms with Crippen molar-refractivity contribution in [3.63, 3.8) is 0 Å². The zero-order valence-electron chi connectivity index (χ0n) is 16.2. The van der Waals surface area contributed by atoms with E-state index in [1.807, 2.05) is 0 Å². The second kappa shape index (κ2) is 9.65. The minimum absolute atomic E-state index is 0.412. The topological polar surface area (TPSA) is 33.7 Å². The molecule has 2 heterocycles. The normalized spacial score (nSPS) is 22.3. The van der Waals surface area contributed by atoms with E-state index in [9.17, 15) is 0 Å². The summed E-state index contributed by atoms with van der Waals surface area (Å²) in [4.78, 5) is 2.49. The van der Waals surface area contributed by atoms with E-state index < -0.39 is 0 Å². The Morgan fingerprint density at radius 1 is 1.04 bits per heavy atom. The highest BCUT2D eigenvalue weighted by atomic mass is 16.5. The van der Waals surface area contributed by atoms with Crippen molar-refractivity contribution >= 4 is 10.8 Å². The summed E-state index contributed by atoms with van der Waals surface area (Å²) in [5.74, 6) is 0.490. The molecule has 2 aliphatic heterocycles. The van der Waals surface area contributed by atoms with Crippen molar-refractivity contribution in [2.45, 2.75) is 31.3 Å². The maximum Gasteiger partial charge on any atom is 0.0594 e. The molecule has 0 spiro atoms. The first-order valence-corrected chi connectivity index (χ1v) is 10.5. The highest BCUT2D eigenvalue weighted by molar-refractivity contribution is 5.86. The van der Waals surface area contributed by atoms with Crippen molar-refractivity contribution in [1.82, 2.24) is 10.2 Å². The smallest absolute Gasteiger partial charge is 0.0594 e. The standard InChI is InChI=1S/C23H32N2O2/c1-2-8-22-19(5-1)6-3-9-23(22)20(17-21-7-4-14-27-21)18-24-10-11-25-12-15-26-16-13-25/h1-3,5-6,8-9,20-21,24H,4,7,10-18H2. The molecule has 0 radical (unpaired) electrons. The number of ether oxygens (including phenoxy) is 2. The van der Waals surface area contributed by atoms with Gasteiger partial charge in [-0.05, 0) is 41.5 Å². The van der Waals surface area contributed by atoms with Crippen molar-refractivity contribution in [1.29, 1.82) is 0 Å². The zero-order chi connectivity index (χ0) is 18.3. The monoisotopic (exact) mass is 368 g/mol. The van der Waals surface area contributed by atoms with E-state index in [-0.39, 0.29) is 0 Å². The summed E-state index contributed by atoms with van der Waals surface area (Å²) < 4.78 is 11.4. The Kier molecular flexibility index (Phi) is 6.75. The van der Waals surface area contributed by atoms with Crippen LogP contribution in [0.3, 0.4) is 0 Å². The van der Waals surface area contributed by atoms with E-state index in [0.717, 1.165) is 59.0 Å². The second-order valence-electron chi connectivity index (χ2n) is 7.79. The Labute approximate surface area is 162 Å². The summed E-state index contributed by atoms with van der Waals surface area (Å²) in [7, 11) is 0. The summed E-state index contributed by atoms with van der Waals surface area (Å²) in [6.07, 6.45) is 3.93. The van der Waals surface area contributed by atoms with Crippen LogP contribution in [-0.2, 0) is 9.47 Å². The maximum atomic E-state index is 5.97. The first-order valence-electron chi connectivity index (χ1n) is 10.5. The van der Waals surface area contributed by atoms with Crippen LogP contribution in [0.15, 0.2) is 42.5 Å². The lowest BCUT2D eigenvalue weighted by Gasteiger charge is -2.27. The highest BCUT2D eigenvalue weighted by Gasteiger charge is 2.23. The summed E-state index contributed by atoms with van der Waals surface area (Å²) in [5, 5.41) is 6.45. The molecule has 4 rings (SSSR count). The molecule has 2 saturated heterocycles. The lowest BCUT2D eigenvalue weighted by Crippen LogP contribution is -2.41. The fraction of sp³-hybridized carbons (Fsp3) is 0.565. The van der Waals surface area contributed by atoms with E-state index in [1.165, 1.54) is 29.2 Å². The van der Waals surface area contributed by atoms with Crippen molar-refractivity contribution in [2.75, 3.05) is 52.5 Å². The fourth-order valence-corrected chi connectivity index (χ4v) is 4.41. The molecule has 2 aliphatic rings. The molecule has 0 amide bonds. The summed E-state index contributed by atoms with van der Waals surface area (Å²) >= 11 is 0. The molecule has 2 aromatic rings. The molecule has 4 heteroatoms. The van der Waals surface area contributed by atoms with Gasteiger partial charge in [-0.1, -0.05) is 42.5 Å². The average Bonchev–Trinajstić information content (AvgIpc) is 3.24. The minimum Gasteiger partial charge on any atom is -0.379 e. The van der Waals surface area contributed by atoms with Gasteiger partial charge in [0.1, 0.15) is 0 Å². The van der Waals surface area contributed by atoms with Gasteiger partial charge in [0.25, 0.3) is 0 Å². The van der Waals surface area contributed by atoms with Crippen molar-refractivity contribution in [3.8, 4) is 0 Å². The lowest BCUT2D eigenvalue weighted by molar-refractivity contribution is 0.0383. The first kappa shape index (κ1) is 18.9. The first-order chi connectivity index (χ1) is 13.4. The van der Waals surface area contributed by atoms with Gasteiger partial charge in [0.15, 0.2) is 0 Å². The summed E-state index contributed by atoms with van der Waals surface area (Å²) in [6, 6.07) is 15.5. The molecule has 2 aromatic carbocycles. The van der Waals surface area contributed by atoms with E-state index in [0.29, 0.717) is 12.0 Å². The summed E-state index contributed by atoms with van der Waals surface area (Å²) in [5.41, 5.74) is 1.46. The van der Waals surface area contributed by atoms with Crippen molar-refractivity contribution < 1.29 is 9.47 Å². The molecule has 2 fully saturated rings. The molecule has 0 aromatic heterocycles. The van der Waals surface area contributed by atoms with Gasteiger partial charge in [0.05, 0.1) is 19.3 Å². The van der Waals surface area contributed by atoms with E-state index >= 15 is 0 Å². The van der Waals surface area contributed by atoms with E-state index in [4.69, 9.17) is 9.47 Å². The Morgan fingerprint density at radius 3 is 2.74 bits per heavy atom. The zero-order valence-corrected chi connectivity index (χ0v) is 16.2. The lowest BCUT2D eigenvalue weighted by atomic mass is 9.88. The predicted molar refractivity (Wildman–Crippen MR) is 110 cm³/mol. The molecule has 0 aliphatic carbocycles. The van der Waals surface area contributed by atoms with Crippen molar-refractivity contribution in [3.05, 3.63) is 48.0 Å². The molecule has 2 unspecified atom stereocenters. The van der Waals surface area contributed by atoms with Crippen LogP contribution >= 0.6 is 0 Å². The van der Waals surface area contributed by atoms with Gasteiger partial charge in [-0.3, -0.25) is 4.90 Å². The number of hydrogen-bond donors (Lipinski definition) is 1. The van der Waals surface area contributed by atoms with Crippen LogP contribution in [0.25, 0.3) is 10.8 Å². The number of nitrogens with one attached hydrogen (secondary N) is 1. The van der Waals surface area contributed by atoms with Gasteiger partial charge in [-0.25, -0.2) is 0 Å². The third-order valence-electron chi connectivity index (χ3n) is 5.93. The molecule has 0 bridgehead atoms. The fourth-order valence-electron chi connectivity index (χ4n) is 4.41. The van der Waals surface area contributed by atoms with E-state index in [2.05, 4.69) is 52.7 Å². The van der Waals surface area contributed by atoms with Gasteiger partial charge in [0.2, 0.25) is 0 Å². The summed E-state index contributed by atoms with van der Waals surface area (Å²) in [6.45, 7) is 7.94. The Morgan fingerprint density at radius 2 is 1.89 bits per heavy atom. The van der Waals surface area contributed by atoms with Crippen LogP contribution in [0.5, 0.6) is 0 Å². The molecule has 2 atom stereocenters. The second-order valence-corrected chi connectivity index (χ2v) is 7.79. The quantitative estimate of drug-likeness (QED) is 0.724. The number of nitrogens with zero attached hydrogens (tertiary/aromatic N) is 1. The predicted octanol–water partition coefficient (Wildman–Crippen LogP) is 3.41. The molecule has 1 N–H and O–H groups in total. The number of hydrogen-bond acceptors (Lipinski definition) is 4. The van der Waals surface area contributed by atoms with Crippen LogP contribution in [0.1, 0.15) is 30.7 Å². The average molecular weight is 369 g/mol. The number of benzene rings is 2. The van der Waals surface area contributed by atoms with Crippen LogP contribution in [0.2, 0.25) is 0 Å². The molecule has 27 heavy (non-hydrogen) atoms. The van der Waals surface area contributed by atoms with Crippen molar-refractivity contribution in [2.24, 2.45) is 0 Å². The number of rotatable bonds is 8. The number of morpholine rings is 1.